The minimum atomic E-state index is -1.09. The van der Waals surface area contributed by atoms with Crippen LogP contribution in [0.5, 0.6) is 0 Å². The minimum Gasteiger partial charge on any atom is -0.393 e. The van der Waals surface area contributed by atoms with E-state index in [1.807, 2.05) is 0 Å². The monoisotopic (exact) mass is 503 g/mol. The molecular weight excluding hydrogens is 475 g/mol. The van der Waals surface area contributed by atoms with Gasteiger partial charge in [-0.05, 0) is 51.4 Å². The Hall–Kier alpha value is -3.41. The number of aliphatic hydroxyl groups excluding tert-OH is 1. The molecule has 5 rings (SSSR count). The number of aliphatic hydroxyl groups is 1. The number of amides is 1. The zero-order valence-corrected chi connectivity index (χ0v) is 19.6. The van der Waals surface area contributed by atoms with Crippen LogP contribution < -0.4 is 16.4 Å². The van der Waals surface area contributed by atoms with Crippen molar-refractivity contribution in [1.29, 1.82) is 0 Å². The highest BCUT2D eigenvalue weighted by Gasteiger charge is 2.30. The number of carbonyl (C=O) groups is 1. The number of nitrogens with two attached hydrogens (primary N) is 1. The summed E-state index contributed by atoms with van der Waals surface area (Å²) in [6, 6.07) is 1.04. The first-order valence-corrected chi connectivity index (χ1v) is 12.2. The maximum absolute atomic E-state index is 14.4. The van der Waals surface area contributed by atoms with Crippen LogP contribution in [0, 0.1) is 23.4 Å². The van der Waals surface area contributed by atoms with Crippen molar-refractivity contribution in [2.24, 2.45) is 11.7 Å². The highest BCUT2D eigenvalue weighted by molar-refractivity contribution is 5.78. The third kappa shape index (κ3) is 4.95. The number of nitrogens with zero attached hydrogens (tertiary/aromatic N) is 4. The van der Waals surface area contributed by atoms with Gasteiger partial charge in [-0.15, -0.1) is 0 Å². The maximum atomic E-state index is 14.4. The largest absolute Gasteiger partial charge is 0.393 e. The van der Waals surface area contributed by atoms with Crippen LogP contribution in [0.3, 0.4) is 0 Å². The predicted octanol–water partition coefficient (Wildman–Crippen LogP) is 3.92. The molecule has 3 aromatic rings. The number of hydrogen-bond acceptors (Lipinski definition) is 7. The number of benzene rings is 1. The van der Waals surface area contributed by atoms with E-state index in [1.165, 1.54) is 6.20 Å². The standard InChI is InChI=1S/C24H28F3N7O2/c25-13-8-17(26)20(18(27)9-13)32-24-31-19-11-29-23(30-14-2-1-3-16(35)10-14)33-22(19)34(24)15-6-4-12(5-7-15)21(28)36/h8-9,11-12,14-16,35H,1-7,10H2,(H2,28,36)(H,31,32)(H,29,30,33)/t12?,14-,15?,16-/m1/s1. The number of carbonyl (C=O) groups excluding carboxylic acids is 1. The van der Waals surface area contributed by atoms with Gasteiger partial charge in [0, 0.05) is 30.1 Å². The van der Waals surface area contributed by atoms with Gasteiger partial charge >= 0.3 is 0 Å². The van der Waals surface area contributed by atoms with Crippen LogP contribution in [-0.2, 0) is 4.79 Å². The molecule has 2 heterocycles. The second kappa shape index (κ2) is 9.92. The van der Waals surface area contributed by atoms with Gasteiger partial charge in [-0.3, -0.25) is 9.36 Å². The Morgan fingerprint density at radius 3 is 2.44 bits per heavy atom. The van der Waals surface area contributed by atoms with E-state index < -0.39 is 23.1 Å². The Kier molecular flexibility index (Phi) is 6.69. The van der Waals surface area contributed by atoms with E-state index in [9.17, 15) is 23.1 Å². The summed E-state index contributed by atoms with van der Waals surface area (Å²) in [6.07, 6.45) is 6.59. The fourth-order valence-electron chi connectivity index (χ4n) is 5.26. The number of rotatable bonds is 6. The van der Waals surface area contributed by atoms with Crippen molar-refractivity contribution < 1.29 is 23.1 Å². The van der Waals surface area contributed by atoms with E-state index >= 15 is 0 Å². The number of fused-ring (bicyclic) bond motifs is 1. The summed E-state index contributed by atoms with van der Waals surface area (Å²) in [7, 11) is 0. The molecule has 2 fully saturated rings. The highest BCUT2D eigenvalue weighted by Crippen LogP contribution is 2.37. The topological polar surface area (TPSA) is 131 Å². The first-order chi connectivity index (χ1) is 17.3. The predicted molar refractivity (Wildman–Crippen MR) is 127 cm³/mol. The lowest BCUT2D eigenvalue weighted by Gasteiger charge is -2.29. The number of halogens is 3. The molecule has 2 aliphatic carbocycles. The molecule has 5 N–H and O–H groups in total. The lowest BCUT2D eigenvalue weighted by atomic mass is 9.85. The zero-order chi connectivity index (χ0) is 25.4. The Morgan fingerprint density at radius 2 is 1.78 bits per heavy atom. The van der Waals surface area contributed by atoms with Gasteiger partial charge in [0.15, 0.2) is 17.3 Å². The van der Waals surface area contributed by atoms with Gasteiger partial charge in [0.25, 0.3) is 0 Å². The fraction of sp³-hybridized carbons (Fsp3) is 0.500. The molecule has 36 heavy (non-hydrogen) atoms. The van der Waals surface area contributed by atoms with Crippen LogP contribution >= 0.6 is 0 Å². The summed E-state index contributed by atoms with van der Waals surface area (Å²) in [5.41, 5.74) is 5.82. The first kappa shape index (κ1) is 24.3. The van der Waals surface area contributed by atoms with Gasteiger partial charge in [-0.25, -0.2) is 23.1 Å². The van der Waals surface area contributed by atoms with Gasteiger partial charge in [0.1, 0.15) is 17.0 Å². The van der Waals surface area contributed by atoms with Crippen molar-refractivity contribution in [2.75, 3.05) is 10.6 Å². The second-order valence-corrected chi connectivity index (χ2v) is 9.65. The van der Waals surface area contributed by atoms with E-state index in [0.29, 0.717) is 61.3 Å². The van der Waals surface area contributed by atoms with E-state index in [0.717, 1.165) is 19.3 Å². The van der Waals surface area contributed by atoms with E-state index in [2.05, 4.69) is 25.6 Å². The first-order valence-electron chi connectivity index (χ1n) is 12.2. The Morgan fingerprint density at radius 1 is 1.06 bits per heavy atom. The molecule has 2 saturated carbocycles. The summed E-state index contributed by atoms with van der Waals surface area (Å²) in [6.45, 7) is 0. The smallest absolute Gasteiger partial charge is 0.224 e. The van der Waals surface area contributed by atoms with Crippen LogP contribution in [0.1, 0.15) is 57.4 Å². The van der Waals surface area contributed by atoms with Crippen molar-refractivity contribution >= 4 is 34.7 Å². The van der Waals surface area contributed by atoms with Crippen molar-refractivity contribution in [1.82, 2.24) is 19.5 Å². The lowest BCUT2D eigenvalue weighted by molar-refractivity contribution is -0.122. The molecule has 1 aromatic carbocycles. The summed E-state index contributed by atoms with van der Waals surface area (Å²) in [5.74, 6) is -3.29. The van der Waals surface area contributed by atoms with Crippen molar-refractivity contribution in [3.8, 4) is 0 Å². The number of anilines is 3. The SMILES string of the molecule is NC(=O)C1CCC(n2c(Nc3c(F)cc(F)cc3F)nc3cnc(N[C@@H]4CCC[C@@H](O)C4)nc32)CC1. The fourth-order valence-corrected chi connectivity index (χ4v) is 5.26. The maximum Gasteiger partial charge on any atom is 0.224 e. The van der Waals surface area contributed by atoms with E-state index in [1.54, 1.807) is 4.57 Å². The summed E-state index contributed by atoms with van der Waals surface area (Å²) in [4.78, 5) is 25.2. The van der Waals surface area contributed by atoms with E-state index in [-0.39, 0.29) is 36.0 Å². The van der Waals surface area contributed by atoms with Crippen molar-refractivity contribution in [3.63, 3.8) is 0 Å². The Balaban J connectivity index is 1.51. The number of hydrogen-bond donors (Lipinski definition) is 4. The number of imidazole rings is 1. The number of nitrogens with one attached hydrogen (secondary N) is 2. The van der Waals surface area contributed by atoms with Crippen LogP contribution in [0.15, 0.2) is 18.3 Å². The summed E-state index contributed by atoms with van der Waals surface area (Å²) >= 11 is 0. The van der Waals surface area contributed by atoms with Gasteiger partial charge < -0.3 is 21.5 Å². The van der Waals surface area contributed by atoms with Crippen LogP contribution in [-0.4, -0.2) is 42.7 Å². The number of aromatic nitrogens is 4. The summed E-state index contributed by atoms with van der Waals surface area (Å²) in [5, 5.41) is 15.9. The number of primary amides is 1. The average Bonchev–Trinajstić information content (AvgIpc) is 3.18. The summed E-state index contributed by atoms with van der Waals surface area (Å²) < 4.78 is 44.1. The van der Waals surface area contributed by atoms with Gasteiger partial charge in [-0.2, -0.15) is 4.98 Å². The molecule has 0 spiro atoms. The Labute approximate surface area is 205 Å². The minimum absolute atomic E-state index is 0.0218. The highest BCUT2D eigenvalue weighted by atomic mass is 19.1. The van der Waals surface area contributed by atoms with Crippen molar-refractivity contribution in [3.05, 3.63) is 35.8 Å². The molecule has 12 heteroatoms. The molecule has 0 aliphatic heterocycles. The third-order valence-corrected chi connectivity index (χ3v) is 7.12. The van der Waals surface area contributed by atoms with Crippen LogP contribution in [0.2, 0.25) is 0 Å². The molecule has 1 amide bonds. The van der Waals surface area contributed by atoms with Crippen LogP contribution in [0.25, 0.3) is 11.2 Å². The van der Waals surface area contributed by atoms with Crippen LogP contribution in [0.4, 0.5) is 30.8 Å². The molecule has 2 aromatic heterocycles. The van der Waals surface area contributed by atoms with Gasteiger partial charge in [0.05, 0.1) is 12.3 Å². The normalized spacial score (nSPS) is 24.6. The Bertz CT molecular complexity index is 1250. The molecule has 0 bridgehead atoms. The molecule has 9 nitrogen and oxygen atoms in total. The zero-order valence-electron chi connectivity index (χ0n) is 19.6. The molecule has 0 saturated heterocycles. The third-order valence-electron chi connectivity index (χ3n) is 7.12. The molecule has 0 unspecified atom stereocenters. The average molecular weight is 504 g/mol. The lowest BCUT2D eigenvalue weighted by Crippen LogP contribution is -2.30. The van der Waals surface area contributed by atoms with Gasteiger partial charge in [-0.1, -0.05) is 0 Å². The van der Waals surface area contributed by atoms with Gasteiger partial charge in [0.2, 0.25) is 17.8 Å². The van der Waals surface area contributed by atoms with E-state index in [4.69, 9.17) is 5.73 Å². The molecule has 192 valence electrons. The molecule has 2 atom stereocenters. The molecular formula is C24H28F3N7O2. The molecule has 0 radical (unpaired) electrons. The van der Waals surface area contributed by atoms with Crippen molar-refractivity contribution in [2.45, 2.75) is 69.6 Å². The second-order valence-electron chi connectivity index (χ2n) is 9.65. The molecule has 2 aliphatic rings. The quantitative estimate of drug-likeness (QED) is 0.401.